The van der Waals surface area contributed by atoms with Crippen molar-refractivity contribution in [2.45, 2.75) is 11.7 Å². The maximum Gasteiger partial charge on any atom is 0.228 e. The second-order valence-electron chi connectivity index (χ2n) is 3.87. The Balaban J connectivity index is 2.46. The number of nitrogens with zero attached hydrogens (tertiary/aromatic N) is 1. The maximum atomic E-state index is 11.9. The molecule has 92 valence electrons. The van der Waals surface area contributed by atoms with Gasteiger partial charge in [-0.2, -0.15) is 12.6 Å². The minimum absolute atomic E-state index is 0.0489. The molecule has 0 spiro atoms. The summed E-state index contributed by atoms with van der Waals surface area (Å²) in [5.74, 6) is 1.33. The van der Waals surface area contributed by atoms with E-state index in [1.54, 1.807) is 19.1 Å². The normalized spacial score (nSPS) is 19.6. The van der Waals surface area contributed by atoms with Gasteiger partial charge in [-0.05, 0) is 12.1 Å². The Hall–Kier alpha value is -1.36. The van der Waals surface area contributed by atoms with Gasteiger partial charge < -0.3 is 14.4 Å². The van der Waals surface area contributed by atoms with E-state index in [4.69, 9.17) is 9.47 Å². The third kappa shape index (κ3) is 2.20. The van der Waals surface area contributed by atoms with E-state index < -0.39 is 0 Å². The molecule has 1 heterocycles. The van der Waals surface area contributed by atoms with Gasteiger partial charge in [0.25, 0.3) is 0 Å². The highest BCUT2D eigenvalue weighted by Gasteiger charge is 2.32. The molecule has 1 fully saturated rings. The molecule has 1 amide bonds. The zero-order chi connectivity index (χ0) is 12.4. The summed E-state index contributed by atoms with van der Waals surface area (Å²) < 4.78 is 10.6. The van der Waals surface area contributed by atoms with Crippen LogP contribution in [0.25, 0.3) is 0 Å². The first-order valence-corrected chi connectivity index (χ1v) is 5.88. The highest BCUT2D eigenvalue weighted by Crippen LogP contribution is 2.40. The number of para-hydroxylation sites is 1. The minimum atomic E-state index is 0.0489. The monoisotopic (exact) mass is 253 g/mol. The van der Waals surface area contributed by atoms with E-state index in [1.807, 2.05) is 18.2 Å². The number of methoxy groups -OCH3 is 2. The summed E-state index contributed by atoms with van der Waals surface area (Å²) in [4.78, 5) is 13.6. The van der Waals surface area contributed by atoms with Gasteiger partial charge in [-0.1, -0.05) is 6.07 Å². The molecule has 1 atom stereocenters. The first-order valence-electron chi connectivity index (χ1n) is 5.36. The van der Waals surface area contributed by atoms with Crippen LogP contribution in [-0.2, 0) is 4.79 Å². The number of thiol groups is 1. The van der Waals surface area contributed by atoms with Crippen molar-refractivity contribution in [3.05, 3.63) is 18.2 Å². The summed E-state index contributed by atoms with van der Waals surface area (Å²) in [7, 11) is 3.16. The van der Waals surface area contributed by atoms with Gasteiger partial charge in [0, 0.05) is 18.2 Å². The smallest absolute Gasteiger partial charge is 0.228 e. The zero-order valence-corrected chi connectivity index (χ0v) is 10.7. The lowest BCUT2D eigenvalue weighted by Crippen LogP contribution is -2.25. The summed E-state index contributed by atoms with van der Waals surface area (Å²) >= 11 is 4.34. The van der Waals surface area contributed by atoms with E-state index in [1.165, 1.54) is 0 Å². The van der Waals surface area contributed by atoms with Crippen molar-refractivity contribution in [2.75, 3.05) is 25.7 Å². The fourth-order valence-electron chi connectivity index (χ4n) is 2.00. The summed E-state index contributed by atoms with van der Waals surface area (Å²) in [6.45, 7) is 0.582. The summed E-state index contributed by atoms with van der Waals surface area (Å²) in [5, 5.41) is 0.0668. The Morgan fingerprint density at radius 2 is 1.88 bits per heavy atom. The number of hydrogen-bond acceptors (Lipinski definition) is 4. The van der Waals surface area contributed by atoms with Gasteiger partial charge in [0.15, 0.2) is 0 Å². The van der Waals surface area contributed by atoms with Crippen molar-refractivity contribution >= 4 is 24.2 Å². The van der Waals surface area contributed by atoms with Crippen molar-refractivity contribution in [1.82, 2.24) is 0 Å². The number of amides is 1. The van der Waals surface area contributed by atoms with Crippen molar-refractivity contribution < 1.29 is 14.3 Å². The highest BCUT2D eigenvalue weighted by molar-refractivity contribution is 7.81. The summed E-state index contributed by atoms with van der Waals surface area (Å²) in [6.07, 6.45) is 0.449. The fourth-order valence-corrected chi connectivity index (χ4v) is 2.32. The van der Waals surface area contributed by atoms with Crippen LogP contribution in [0.1, 0.15) is 6.42 Å². The molecular weight excluding hydrogens is 238 g/mol. The molecule has 0 N–H and O–H groups in total. The number of benzene rings is 1. The van der Waals surface area contributed by atoms with Gasteiger partial charge in [-0.25, -0.2) is 0 Å². The molecule has 0 aliphatic carbocycles. The molecule has 4 nitrogen and oxygen atoms in total. The van der Waals surface area contributed by atoms with Crippen LogP contribution in [-0.4, -0.2) is 31.9 Å². The third-order valence-electron chi connectivity index (χ3n) is 2.78. The number of rotatable bonds is 3. The SMILES string of the molecule is COc1cccc(OC)c1N1CC(S)CC1=O. The van der Waals surface area contributed by atoms with Crippen LogP contribution in [0.4, 0.5) is 5.69 Å². The number of anilines is 1. The molecular formula is C12H15NO3S. The first kappa shape index (κ1) is 12.1. The van der Waals surface area contributed by atoms with E-state index in [-0.39, 0.29) is 11.2 Å². The van der Waals surface area contributed by atoms with Crippen LogP contribution in [0.2, 0.25) is 0 Å². The lowest BCUT2D eigenvalue weighted by atomic mass is 10.2. The average molecular weight is 253 g/mol. The Labute approximate surface area is 106 Å². The van der Waals surface area contributed by atoms with Crippen LogP contribution in [0.5, 0.6) is 11.5 Å². The molecule has 1 aliphatic heterocycles. The van der Waals surface area contributed by atoms with Gasteiger partial charge >= 0.3 is 0 Å². The number of ether oxygens (including phenoxy) is 2. The van der Waals surface area contributed by atoms with E-state index >= 15 is 0 Å². The molecule has 1 aromatic rings. The molecule has 1 saturated heterocycles. The molecule has 0 bridgehead atoms. The largest absolute Gasteiger partial charge is 0.494 e. The lowest BCUT2D eigenvalue weighted by molar-refractivity contribution is -0.117. The molecule has 1 unspecified atom stereocenters. The minimum Gasteiger partial charge on any atom is -0.494 e. The van der Waals surface area contributed by atoms with Crippen molar-refractivity contribution in [2.24, 2.45) is 0 Å². The molecule has 5 heteroatoms. The third-order valence-corrected chi connectivity index (χ3v) is 3.12. The van der Waals surface area contributed by atoms with Crippen LogP contribution in [0.3, 0.4) is 0 Å². The summed E-state index contributed by atoms with van der Waals surface area (Å²) in [6, 6.07) is 5.47. The van der Waals surface area contributed by atoms with Gasteiger partial charge in [0.2, 0.25) is 5.91 Å². The first-order chi connectivity index (χ1) is 8.17. The Bertz CT molecular complexity index is 414. The van der Waals surface area contributed by atoms with Crippen molar-refractivity contribution in [1.29, 1.82) is 0 Å². The molecule has 17 heavy (non-hydrogen) atoms. The average Bonchev–Trinajstić information content (AvgIpc) is 2.67. The second-order valence-corrected chi connectivity index (χ2v) is 4.60. The Morgan fingerprint density at radius 1 is 1.29 bits per heavy atom. The number of carbonyl (C=O) groups excluding carboxylic acids is 1. The Kier molecular flexibility index (Phi) is 3.47. The van der Waals surface area contributed by atoms with E-state index in [0.29, 0.717) is 30.2 Å². The lowest BCUT2D eigenvalue weighted by Gasteiger charge is -2.21. The number of carbonyl (C=O) groups is 1. The zero-order valence-electron chi connectivity index (χ0n) is 9.84. The molecule has 2 rings (SSSR count). The van der Waals surface area contributed by atoms with Crippen LogP contribution >= 0.6 is 12.6 Å². The van der Waals surface area contributed by atoms with Gasteiger partial charge in [-0.3, -0.25) is 4.79 Å². The second kappa shape index (κ2) is 4.87. The van der Waals surface area contributed by atoms with E-state index in [2.05, 4.69) is 12.6 Å². The molecule has 0 radical (unpaired) electrons. The van der Waals surface area contributed by atoms with Gasteiger partial charge in [-0.15, -0.1) is 0 Å². The molecule has 0 aromatic heterocycles. The highest BCUT2D eigenvalue weighted by atomic mass is 32.1. The van der Waals surface area contributed by atoms with E-state index in [9.17, 15) is 4.79 Å². The summed E-state index contributed by atoms with van der Waals surface area (Å²) in [5.41, 5.74) is 0.694. The van der Waals surface area contributed by atoms with Crippen LogP contribution in [0.15, 0.2) is 18.2 Å². The molecule has 1 aliphatic rings. The molecule has 0 saturated carbocycles. The van der Waals surface area contributed by atoms with Gasteiger partial charge in [0.05, 0.1) is 14.2 Å². The standard InChI is InChI=1S/C12H15NO3S/c1-15-9-4-3-5-10(16-2)12(9)13-7-8(17)6-11(13)14/h3-5,8,17H,6-7H2,1-2H3. The van der Waals surface area contributed by atoms with Crippen molar-refractivity contribution in [3.63, 3.8) is 0 Å². The van der Waals surface area contributed by atoms with Crippen molar-refractivity contribution in [3.8, 4) is 11.5 Å². The fraction of sp³-hybridized carbons (Fsp3) is 0.417. The quantitative estimate of drug-likeness (QED) is 0.834. The van der Waals surface area contributed by atoms with Crippen LogP contribution < -0.4 is 14.4 Å². The predicted molar refractivity (Wildman–Crippen MR) is 69.3 cm³/mol. The molecule has 1 aromatic carbocycles. The Morgan fingerprint density at radius 3 is 2.29 bits per heavy atom. The topological polar surface area (TPSA) is 38.8 Å². The van der Waals surface area contributed by atoms with Crippen LogP contribution in [0, 0.1) is 0 Å². The van der Waals surface area contributed by atoms with Gasteiger partial charge in [0.1, 0.15) is 17.2 Å². The van der Waals surface area contributed by atoms with E-state index in [0.717, 1.165) is 0 Å². The number of hydrogen-bond donors (Lipinski definition) is 1. The maximum absolute atomic E-state index is 11.9. The predicted octanol–water partition coefficient (Wildman–Crippen LogP) is 1.74.